The van der Waals surface area contributed by atoms with Gasteiger partial charge >= 0.3 is 0 Å². The lowest BCUT2D eigenvalue weighted by molar-refractivity contribution is 0.201. The summed E-state index contributed by atoms with van der Waals surface area (Å²) < 4.78 is 10.5. The maximum Gasteiger partial charge on any atom is 0.195 e. The molecule has 1 aliphatic rings. The molecule has 82 valence electrons. The number of nitrogens with zero attached hydrogens (tertiary/aromatic N) is 3. The molecule has 0 spiro atoms. The van der Waals surface area contributed by atoms with Gasteiger partial charge in [0.05, 0.1) is 19.3 Å². The fourth-order valence-electron chi connectivity index (χ4n) is 1.51. The van der Waals surface area contributed by atoms with Crippen LogP contribution in [0, 0.1) is 0 Å². The van der Waals surface area contributed by atoms with Crippen molar-refractivity contribution in [3.05, 3.63) is 11.3 Å². The van der Waals surface area contributed by atoms with Gasteiger partial charge in [-0.3, -0.25) is 0 Å². The van der Waals surface area contributed by atoms with E-state index in [0.29, 0.717) is 24.1 Å². The SMILES string of the molecule is COCCN1CCOc2c1cnnc2Cl. The molecule has 0 N–H and O–H groups in total. The van der Waals surface area contributed by atoms with Crippen LogP contribution in [0.5, 0.6) is 5.75 Å². The predicted octanol–water partition coefficient (Wildman–Crippen LogP) is 0.975. The average molecular weight is 230 g/mol. The molecule has 0 aromatic carbocycles. The number of halogens is 1. The number of fused-ring (bicyclic) bond motifs is 1. The van der Waals surface area contributed by atoms with Crippen LogP contribution in [-0.4, -0.2) is 43.6 Å². The third kappa shape index (κ3) is 2.13. The van der Waals surface area contributed by atoms with Crippen molar-refractivity contribution in [2.24, 2.45) is 0 Å². The van der Waals surface area contributed by atoms with Crippen molar-refractivity contribution in [1.29, 1.82) is 0 Å². The highest BCUT2D eigenvalue weighted by Crippen LogP contribution is 2.35. The number of rotatable bonds is 3. The minimum atomic E-state index is 0.314. The van der Waals surface area contributed by atoms with Crippen LogP contribution in [0.15, 0.2) is 6.20 Å². The molecule has 0 radical (unpaired) electrons. The second-order valence-corrected chi connectivity index (χ2v) is 3.54. The van der Waals surface area contributed by atoms with E-state index < -0.39 is 0 Å². The second kappa shape index (κ2) is 4.63. The van der Waals surface area contributed by atoms with Gasteiger partial charge in [0, 0.05) is 13.7 Å². The van der Waals surface area contributed by atoms with Gasteiger partial charge in [0.25, 0.3) is 0 Å². The molecule has 0 unspecified atom stereocenters. The fourth-order valence-corrected chi connectivity index (χ4v) is 1.71. The molecule has 15 heavy (non-hydrogen) atoms. The molecule has 0 atom stereocenters. The zero-order valence-electron chi connectivity index (χ0n) is 8.44. The molecular formula is C9H12ClN3O2. The Balaban J connectivity index is 2.22. The van der Waals surface area contributed by atoms with Crippen molar-refractivity contribution in [3.8, 4) is 5.75 Å². The molecular weight excluding hydrogens is 218 g/mol. The summed E-state index contributed by atoms with van der Waals surface area (Å²) in [6, 6.07) is 0. The van der Waals surface area contributed by atoms with E-state index in [2.05, 4.69) is 15.1 Å². The number of methoxy groups -OCH3 is 1. The lowest BCUT2D eigenvalue weighted by Crippen LogP contribution is -2.35. The van der Waals surface area contributed by atoms with Gasteiger partial charge in [-0.25, -0.2) is 0 Å². The van der Waals surface area contributed by atoms with E-state index in [-0.39, 0.29) is 0 Å². The summed E-state index contributed by atoms with van der Waals surface area (Å²) in [5, 5.41) is 7.87. The second-order valence-electron chi connectivity index (χ2n) is 3.18. The molecule has 1 aromatic rings. The third-order valence-electron chi connectivity index (χ3n) is 2.26. The molecule has 0 saturated heterocycles. The first-order valence-corrected chi connectivity index (χ1v) is 5.08. The van der Waals surface area contributed by atoms with E-state index >= 15 is 0 Å². The molecule has 0 aliphatic carbocycles. The van der Waals surface area contributed by atoms with Crippen LogP contribution >= 0.6 is 11.6 Å². The van der Waals surface area contributed by atoms with Crippen LogP contribution in [0.2, 0.25) is 5.15 Å². The predicted molar refractivity (Wildman–Crippen MR) is 56.6 cm³/mol. The van der Waals surface area contributed by atoms with E-state index in [1.807, 2.05) is 0 Å². The quantitative estimate of drug-likeness (QED) is 0.773. The highest BCUT2D eigenvalue weighted by molar-refractivity contribution is 6.31. The van der Waals surface area contributed by atoms with Crippen molar-refractivity contribution >= 4 is 17.3 Å². The van der Waals surface area contributed by atoms with Crippen LogP contribution < -0.4 is 9.64 Å². The Morgan fingerprint density at radius 1 is 1.67 bits per heavy atom. The Hall–Kier alpha value is -1.07. The van der Waals surface area contributed by atoms with E-state index in [4.69, 9.17) is 21.1 Å². The van der Waals surface area contributed by atoms with Crippen LogP contribution in [-0.2, 0) is 4.74 Å². The Morgan fingerprint density at radius 3 is 3.33 bits per heavy atom. The lowest BCUT2D eigenvalue weighted by atomic mass is 10.3. The number of anilines is 1. The van der Waals surface area contributed by atoms with Gasteiger partial charge in [-0.1, -0.05) is 11.6 Å². The Labute approximate surface area is 92.9 Å². The summed E-state index contributed by atoms with van der Waals surface area (Å²) in [6.45, 7) is 2.90. The molecule has 0 saturated carbocycles. The first-order valence-electron chi connectivity index (χ1n) is 4.71. The van der Waals surface area contributed by atoms with Gasteiger partial charge in [0.1, 0.15) is 12.3 Å². The number of hydrogen-bond donors (Lipinski definition) is 0. The number of hydrogen-bond acceptors (Lipinski definition) is 5. The maximum atomic E-state index is 5.88. The van der Waals surface area contributed by atoms with Crippen LogP contribution in [0.25, 0.3) is 0 Å². The normalized spacial score (nSPS) is 14.7. The monoisotopic (exact) mass is 229 g/mol. The Bertz CT molecular complexity index is 348. The molecule has 0 fully saturated rings. The minimum Gasteiger partial charge on any atom is -0.486 e. The Kier molecular flexibility index (Phi) is 3.23. The molecule has 0 bridgehead atoms. The van der Waals surface area contributed by atoms with Gasteiger partial charge in [-0.05, 0) is 0 Å². The van der Waals surface area contributed by atoms with Gasteiger partial charge in [0.2, 0.25) is 0 Å². The van der Waals surface area contributed by atoms with Gasteiger partial charge in [-0.2, -0.15) is 5.10 Å². The zero-order valence-corrected chi connectivity index (χ0v) is 9.20. The van der Waals surface area contributed by atoms with Crippen molar-refractivity contribution in [2.45, 2.75) is 0 Å². The largest absolute Gasteiger partial charge is 0.486 e. The third-order valence-corrected chi connectivity index (χ3v) is 2.51. The topological polar surface area (TPSA) is 47.5 Å². The molecule has 0 amide bonds. The summed E-state index contributed by atoms with van der Waals surface area (Å²) >= 11 is 5.88. The van der Waals surface area contributed by atoms with Crippen LogP contribution in [0.4, 0.5) is 5.69 Å². The van der Waals surface area contributed by atoms with Gasteiger partial charge < -0.3 is 14.4 Å². The minimum absolute atomic E-state index is 0.314. The van der Waals surface area contributed by atoms with Crippen LogP contribution in [0.3, 0.4) is 0 Å². The van der Waals surface area contributed by atoms with E-state index in [0.717, 1.165) is 18.8 Å². The highest BCUT2D eigenvalue weighted by atomic mass is 35.5. The summed E-state index contributed by atoms with van der Waals surface area (Å²) in [5.74, 6) is 0.619. The van der Waals surface area contributed by atoms with Crippen LogP contribution in [0.1, 0.15) is 0 Å². The van der Waals surface area contributed by atoms with Gasteiger partial charge in [0.15, 0.2) is 10.9 Å². The summed E-state index contributed by atoms with van der Waals surface area (Å²) in [5.41, 5.74) is 0.887. The molecule has 1 aromatic heterocycles. The maximum absolute atomic E-state index is 5.88. The average Bonchev–Trinajstić information content (AvgIpc) is 2.27. The molecule has 2 rings (SSSR count). The number of ether oxygens (including phenoxy) is 2. The van der Waals surface area contributed by atoms with E-state index in [9.17, 15) is 0 Å². The van der Waals surface area contributed by atoms with Crippen molar-refractivity contribution < 1.29 is 9.47 Å². The van der Waals surface area contributed by atoms with Gasteiger partial charge in [-0.15, -0.1) is 5.10 Å². The van der Waals surface area contributed by atoms with E-state index in [1.54, 1.807) is 13.3 Å². The highest BCUT2D eigenvalue weighted by Gasteiger charge is 2.21. The summed E-state index contributed by atoms with van der Waals surface area (Å²) in [4.78, 5) is 2.13. The molecule has 1 aliphatic heterocycles. The van der Waals surface area contributed by atoms with Crippen molar-refractivity contribution in [1.82, 2.24) is 10.2 Å². The Morgan fingerprint density at radius 2 is 2.53 bits per heavy atom. The molecule has 6 heteroatoms. The smallest absolute Gasteiger partial charge is 0.195 e. The number of aromatic nitrogens is 2. The summed E-state index contributed by atoms with van der Waals surface area (Å²) in [6.07, 6.45) is 1.66. The molecule has 2 heterocycles. The lowest BCUT2D eigenvalue weighted by Gasteiger charge is -2.30. The first kappa shape index (κ1) is 10.4. The van der Waals surface area contributed by atoms with Crippen molar-refractivity contribution in [2.75, 3.05) is 38.3 Å². The molecule has 5 nitrogen and oxygen atoms in total. The summed E-state index contributed by atoms with van der Waals surface area (Å²) in [7, 11) is 1.68. The standard InChI is InChI=1S/C9H12ClN3O2/c1-14-4-2-13-3-5-15-8-7(13)6-11-12-9(8)10/h6H,2-5H2,1H3. The first-order chi connectivity index (χ1) is 7.33. The van der Waals surface area contributed by atoms with E-state index in [1.165, 1.54) is 0 Å². The van der Waals surface area contributed by atoms with Crippen molar-refractivity contribution in [3.63, 3.8) is 0 Å². The fraction of sp³-hybridized carbons (Fsp3) is 0.556. The zero-order chi connectivity index (χ0) is 10.7.